The zero-order valence-corrected chi connectivity index (χ0v) is 19.4. The molecule has 0 saturated carbocycles. The van der Waals surface area contributed by atoms with Gasteiger partial charge in [-0.15, -0.1) is 0 Å². The maximum atomic E-state index is 12.4. The van der Waals surface area contributed by atoms with Gasteiger partial charge in [0.1, 0.15) is 0 Å². The van der Waals surface area contributed by atoms with Gasteiger partial charge in [0.15, 0.2) is 6.67 Å². The van der Waals surface area contributed by atoms with E-state index >= 15 is 0 Å². The van der Waals surface area contributed by atoms with Crippen molar-refractivity contribution in [3.63, 3.8) is 0 Å². The first-order valence-electron chi connectivity index (χ1n) is 11.2. The highest BCUT2D eigenvalue weighted by atomic mass is 32.2. The lowest BCUT2D eigenvalue weighted by molar-refractivity contribution is -0.117. The van der Waals surface area contributed by atoms with E-state index in [0.29, 0.717) is 24.7 Å². The number of nitrogens with one attached hydrogen (secondary N) is 1. The Morgan fingerprint density at radius 1 is 1.13 bits per heavy atom. The number of hydrogen-bond acceptors (Lipinski definition) is 5. The summed E-state index contributed by atoms with van der Waals surface area (Å²) in [6, 6.07) is 7.53. The SMILES string of the molecule is CC(C)CS(=O)(=O)N1CCC(CN2CCN(c3cccc(NC(=O)CF)c3)CC2)CC1. The summed E-state index contributed by atoms with van der Waals surface area (Å²) in [4.78, 5) is 16.0. The number of anilines is 2. The second-order valence-corrected chi connectivity index (χ2v) is 11.0. The van der Waals surface area contributed by atoms with Crippen LogP contribution in [0.15, 0.2) is 24.3 Å². The van der Waals surface area contributed by atoms with Gasteiger partial charge < -0.3 is 10.2 Å². The van der Waals surface area contributed by atoms with Crippen molar-refractivity contribution < 1.29 is 17.6 Å². The third-order valence-electron chi connectivity index (χ3n) is 6.02. The summed E-state index contributed by atoms with van der Waals surface area (Å²) in [5, 5.41) is 2.56. The molecule has 2 fully saturated rings. The minimum atomic E-state index is -3.12. The fraction of sp³-hybridized carbons (Fsp3) is 0.682. The molecule has 0 spiro atoms. The van der Waals surface area contributed by atoms with E-state index in [2.05, 4.69) is 15.1 Å². The molecular formula is C22H35FN4O3S. The van der Waals surface area contributed by atoms with Gasteiger partial charge in [-0.25, -0.2) is 17.1 Å². The van der Waals surface area contributed by atoms with E-state index in [1.54, 1.807) is 10.4 Å². The Kier molecular flexibility index (Phi) is 8.30. The first-order chi connectivity index (χ1) is 14.8. The first kappa shape index (κ1) is 23.9. The van der Waals surface area contributed by atoms with Crippen molar-refractivity contribution in [3.05, 3.63) is 24.3 Å². The zero-order chi connectivity index (χ0) is 22.4. The number of amides is 1. The summed E-state index contributed by atoms with van der Waals surface area (Å²) < 4.78 is 39.0. The van der Waals surface area contributed by atoms with Gasteiger partial charge in [-0.2, -0.15) is 0 Å². The van der Waals surface area contributed by atoms with E-state index in [-0.39, 0.29) is 11.7 Å². The van der Waals surface area contributed by atoms with Crippen LogP contribution in [0.3, 0.4) is 0 Å². The molecule has 2 aliphatic heterocycles. The number of piperazine rings is 1. The number of nitrogens with zero attached hydrogens (tertiary/aromatic N) is 3. The normalized spacial score (nSPS) is 19.7. The van der Waals surface area contributed by atoms with Crippen LogP contribution in [-0.2, 0) is 14.8 Å². The molecule has 7 nitrogen and oxygen atoms in total. The van der Waals surface area contributed by atoms with Crippen LogP contribution in [0.2, 0.25) is 0 Å². The highest BCUT2D eigenvalue weighted by Crippen LogP contribution is 2.24. The van der Waals surface area contributed by atoms with Crippen LogP contribution in [0.25, 0.3) is 0 Å². The molecule has 0 aromatic heterocycles. The van der Waals surface area contributed by atoms with Crippen LogP contribution >= 0.6 is 0 Å². The largest absolute Gasteiger partial charge is 0.369 e. The Labute approximate surface area is 185 Å². The van der Waals surface area contributed by atoms with Gasteiger partial charge in [-0.1, -0.05) is 19.9 Å². The third-order valence-corrected chi connectivity index (χ3v) is 8.26. The summed E-state index contributed by atoms with van der Waals surface area (Å²) in [6.07, 6.45) is 1.85. The predicted molar refractivity (Wildman–Crippen MR) is 123 cm³/mol. The molecule has 0 bridgehead atoms. The molecule has 2 aliphatic rings. The molecule has 1 amide bonds. The van der Waals surface area contributed by atoms with Gasteiger partial charge in [-0.3, -0.25) is 9.69 Å². The fourth-order valence-electron chi connectivity index (χ4n) is 4.43. The fourth-order valence-corrected chi connectivity index (χ4v) is 6.25. The minimum Gasteiger partial charge on any atom is -0.369 e. The maximum absolute atomic E-state index is 12.4. The predicted octanol–water partition coefficient (Wildman–Crippen LogP) is 2.41. The molecule has 1 aromatic rings. The van der Waals surface area contributed by atoms with E-state index in [0.717, 1.165) is 51.3 Å². The zero-order valence-electron chi connectivity index (χ0n) is 18.6. The Morgan fingerprint density at radius 3 is 2.42 bits per heavy atom. The van der Waals surface area contributed by atoms with Gasteiger partial charge >= 0.3 is 0 Å². The molecule has 3 rings (SSSR count). The van der Waals surface area contributed by atoms with E-state index < -0.39 is 22.6 Å². The maximum Gasteiger partial charge on any atom is 0.255 e. The standard InChI is InChI=1S/C22H35FN4O3S/c1-18(2)17-31(29,30)27-8-6-19(7-9-27)16-25-10-12-26(13-11-25)21-5-3-4-20(14-21)24-22(28)15-23/h3-5,14,18-19H,6-13,15-17H2,1-2H3,(H,24,28). The smallest absolute Gasteiger partial charge is 0.255 e. The first-order valence-corrected chi connectivity index (χ1v) is 12.8. The molecule has 1 aromatic carbocycles. The summed E-state index contributed by atoms with van der Waals surface area (Å²) in [7, 11) is -3.12. The molecule has 2 heterocycles. The van der Waals surface area contributed by atoms with Gasteiger partial charge in [-0.05, 0) is 42.9 Å². The average Bonchev–Trinajstić information content (AvgIpc) is 2.74. The van der Waals surface area contributed by atoms with Gasteiger partial charge in [0.25, 0.3) is 5.91 Å². The number of piperidine rings is 1. The quantitative estimate of drug-likeness (QED) is 0.653. The average molecular weight is 455 g/mol. The summed E-state index contributed by atoms with van der Waals surface area (Å²) in [5.74, 6) is 0.291. The summed E-state index contributed by atoms with van der Waals surface area (Å²) in [5.41, 5.74) is 1.64. The van der Waals surface area contributed by atoms with Gasteiger partial charge in [0, 0.05) is 57.2 Å². The number of halogens is 1. The Hall–Kier alpha value is -1.71. The van der Waals surface area contributed by atoms with Crippen molar-refractivity contribution >= 4 is 27.3 Å². The topological polar surface area (TPSA) is 73.0 Å². The van der Waals surface area contributed by atoms with Crippen LogP contribution in [0.1, 0.15) is 26.7 Å². The summed E-state index contributed by atoms with van der Waals surface area (Å²) in [6.45, 7) is 8.84. The second-order valence-electron chi connectivity index (χ2n) is 9.03. The van der Waals surface area contributed by atoms with Crippen LogP contribution < -0.4 is 10.2 Å². The number of sulfonamides is 1. The molecule has 1 N–H and O–H groups in total. The van der Waals surface area contributed by atoms with Crippen molar-refractivity contribution in [2.24, 2.45) is 11.8 Å². The number of hydrogen-bond donors (Lipinski definition) is 1. The monoisotopic (exact) mass is 454 g/mol. The van der Waals surface area contributed by atoms with Gasteiger partial charge in [0.2, 0.25) is 10.0 Å². The minimum absolute atomic E-state index is 0.152. The van der Waals surface area contributed by atoms with Crippen LogP contribution in [-0.4, -0.2) is 81.8 Å². The molecule has 2 saturated heterocycles. The van der Waals surface area contributed by atoms with Crippen molar-refractivity contribution in [2.75, 3.05) is 68.5 Å². The van der Waals surface area contributed by atoms with E-state index in [4.69, 9.17) is 0 Å². The van der Waals surface area contributed by atoms with E-state index in [9.17, 15) is 17.6 Å². The molecule has 0 atom stereocenters. The lowest BCUT2D eigenvalue weighted by Crippen LogP contribution is -2.49. The van der Waals surface area contributed by atoms with E-state index in [1.807, 2.05) is 32.0 Å². The Balaban J connectivity index is 1.44. The molecule has 0 unspecified atom stereocenters. The summed E-state index contributed by atoms with van der Waals surface area (Å²) >= 11 is 0. The number of carbonyl (C=O) groups excluding carboxylic acids is 1. The van der Waals surface area contributed by atoms with Crippen molar-refractivity contribution in [2.45, 2.75) is 26.7 Å². The lowest BCUT2D eigenvalue weighted by atomic mass is 9.97. The molecule has 0 radical (unpaired) electrons. The molecule has 174 valence electrons. The molecule has 0 aliphatic carbocycles. The second kappa shape index (κ2) is 10.7. The highest BCUT2D eigenvalue weighted by Gasteiger charge is 2.30. The van der Waals surface area contributed by atoms with Crippen molar-refractivity contribution in [3.8, 4) is 0 Å². The molecular weight excluding hydrogens is 419 g/mol. The number of rotatable bonds is 8. The van der Waals surface area contributed by atoms with Crippen LogP contribution in [0.5, 0.6) is 0 Å². The lowest BCUT2D eigenvalue weighted by Gasteiger charge is -2.39. The van der Waals surface area contributed by atoms with Crippen LogP contribution in [0.4, 0.5) is 15.8 Å². The third kappa shape index (κ3) is 6.89. The Bertz CT molecular complexity index is 833. The number of benzene rings is 1. The molecule has 9 heteroatoms. The highest BCUT2D eigenvalue weighted by molar-refractivity contribution is 7.89. The van der Waals surface area contributed by atoms with Crippen molar-refractivity contribution in [1.82, 2.24) is 9.21 Å². The van der Waals surface area contributed by atoms with Crippen molar-refractivity contribution in [1.29, 1.82) is 0 Å². The number of carbonyl (C=O) groups is 1. The van der Waals surface area contributed by atoms with Gasteiger partial charge in [0.05, 0.1) is 5.75 Å². The molecule has 31 heavy (non-hydrogen) atoms. The van der Waals surface area contributed by atoms with E-state index in [1.165, 1.54) is 0 Å². The van der Waals surface area contributed by atoms with Crippen LogP contribution in [0, 0.1) is 11.8 Å². The Morgan fingerprint density at radius 2 is 1.81 bits per heavy atom. The number of alkyl halides is 1.